The summed E-state index contributed by atoms with van der Waals surface area (Å²) < 4.78 is 13.5. The standard InChI is InChI=1S/C19H14ClFN2O3S/c20-13-5-1-4-12(7-13)19-23-16(10-27-19)18(26)22-15(9-17(24)25)11-3-2-6-14(21)8-11/h1-8,10,15H,9H2,(H,22,26)(H,24,25). The predicted octanol–water partition coefficient (Wildman–Crippen LogP) is 4.55. The number of rotatable bonds is 6. The molecule has 1 unspecified atom stereocenters. The molecule has 27 heavy (non-hydrogen) atoms. The van der Waals surface area contributed by atoms with Gasteiger partial charge in [-0.05, 0) is 29.8 Å². The Balaban J connectivity index is 1.81. The van der Waals surface area contributed by atoms with Crippen molar-refractivity contribution in [3.05, 3.63) is 76.0 Å². The van der Waals surface area contributed by atoms with Crippen LogP contribution in [0.15, 0.2) is 53.9 Å². The highest BCUT2D eigenvalue weighted by atomic mass is 35.5. The lowest BCUT2D eigenvalue weighted by Crippen LogP contribution is -2.30. The summed E-state index contributed by atoms with van der Waals surface area (Å²) in [6.45, 7) is 0. The monoisotopic (exact) mass is 404 g/mol. The maximum Gasteiger partial charge on any atom is 0.305 e. The van der Waals surface area contributed by atoms with Crippen molar-refractivity contribution in [2.45, 2.75) is 12.5 Å². The van der Waals surface area contributed by atoms with Crippen LogP contribution in [0.1, 0.15) is 28.5 Å². The first-order chi connectivity index (χ1) is 12.9. The number of benzene rings is 2. The van der Waals surface area contributed by atoms with E-state index in [0.29, 0.717) is 15.6 Å². The van der Waals surface area contributed by atoms with Gasteiger partial charge >= 0.3 is 5.97 Å². The molecule has 2 aromatic carbocycles. The topological polar surface area (TPSA) is 79.3 Å². The van der Waals surface area contributed by atoms with Crippen LogP contribution in [0.3, 0.4) is 0 Å². The molecular weight excluding hydrogens is 391 g/mol. The Bertz CT molecular complexity index is 992. The van der Waals surface area contributed by atoms with Crippen LogP contribution >= 0.6 is 22.9 Å². The van der Waals surface area contributed by atoms with E-state index in [9.17, 15) is 14.0 Å². The lowest BCUT2D eigenvalue weighted by molar-refractivity contribution is -0.137. The number of aliphatic carboxylic acids is 1. The molecule has 2 N–H and O–H groups in total. The summed E-state index contributed by atoms with van der Waals surface area (Å²) in [5.41, 5.74) is 1.30. The van der Waals surface area contributed by atoms with Crippen LogP contribution < -0.4 is 5.32 Å². The summed E-state index contributed by atoms with van der Waals surface area (Å²) in [5, 5.41) is 14.5. The van der Waals surface area contributed by atoms with Gasteiger partial charge in [0, 0.05) is 16.0 Å². The highest BCUT2D eigenvalue weighted by Gasteiger charge is 2.21. The van der Waals surface area contributed by atoms with Crippen LogP contribution in [0.25, 0.3) is 10.6 Å². The highest BCUT2D eigenvalue weighted by molar-refractivity contribution is 7.13. The van der Waals surface area contributed by atoms with Crippen molar-refractivity contribution in [3.63, 3.8) is 0 Å². The SMILES string of the molecule is O=C(O)CC(NC(=O)c1csc(-c2cccc(Cl)c2)n1)c1cccc(F)c1. The average molecular weight is 405 g/mol. The van der Waals surface area contributed by atoms with Crippen molar-refractivity contribution in [1.29, 1.82) is 0 Å². The van der Waals surface area contributed by atoms with E-state index in [2.05, 4.69) is 10.3 Å². The number of amides is 1. The van der Waals surface area contributed by atoms with Crippen LogP contribution in [-0.2, 0) is 4.79 Å². The number of hydrogen-bond acceptors (Lipinski definition) is 4. The zero-order valence-electron chi connectivity index (χ0n) is 13.9. The second-order valence-corrected chi connectivity index (χ2v) is 7.02. The van der Waals surface area contributed by atoms with Crippen LogP contribution in [0, 0.1) is 5.82 Å². The summed E-state index contributed by atoms with van der Waals surface area (Å²) >= 11 is 7.25. The normalized spacial score (nSPS) is 11.8. The number of carbonyl (C=O) groups excluding carboxylic acids is 1. The minimum atomic E-state index is -1.11. The molecule has 138 valence electrons. The van der Waals surface area contributed by atoms with Crippen molar-refractivity contribution >= 4 is 34.8 Å². The van der Waals surface area contributed by atoms with Crippen LogP contribution in [-0.4, -0.2) is 22.0 Å². The van der Waals surface area contributed by atoms with Crippen molar-refractivity contribution in [1.82, 2.24) is 10.3 Å². The van der Waals surface area contributed by atoms with Gasteiger partial charge in [-0.25, -0.2) is 9.37 Å². The number of carboxylic acid groups (broad SMARTS) is 1. The Morgan fingerprint density at radius 3 is 2.70 bits per heavy atom. The van der Waals surface area contributed by atoms with Crippen LogP contribution in [0.5, 0.6) is 0 Å². The smallest absolute Gasteiger partial charge is 0.305 e. The number of carboxylic acids is 1. The second kappa shape index (κ2) is 8.28. The van der Waals surface area contributed by atoms with E-state index in [1.807, 2.05) is 6.07 Å². The van der Waals surface area contributed by atoms with E-state index >= 15 is 0 Å². The lowest BCUT2D eigenvalue weighted by atomic mass is 10.0. The van der Waals surface area contributed by atoms with Crippen LogP contribution in [0.4, 0.5) is 4.39 Å². The third-order valence-corrected chi connectivity index (χ3v) is 4.87. The number of nitrogens with one attached hydrogen (secondary N) is 1. The number of thiazole rings is 1. The van der Waals surface area contributed by atoms with Gasteiger partial charge in [-0.3, -0.25) is 9.59 Å². The Hall–Kier alpha value is -2.77. The van der Waals surface area contributed by atoms with Gasteiger partial charge in [0.2, 0.25) is 0 Å². The van der Waals surface area contributed by atoms with E-state index in [-0.39, 0.29) is 12.1 Å². The van der Waals surface area contributed by atoms with Gasteiger partial charge in [0.25, 0.3) is 5.91 Å². The van der Waals surface area contributed by atoms with Crippen molar-refractivity contribution in [2.75, 3.05) is 0 Å². The molecule has 0 saturated carbocycles. The van der Waals surface area contributed by atoms with Gasteiger partial charge in [0.15, 0.2) is 0 Å². The molecule has 0 saturated heterocycles. The molecule has 0 radical (unpaired) electrons. The maximum atomic E-state index is 13.5. The molecule has 0 spiro atoms. The van der Waals surface area contributed by atoms with Crippen LogP contribution in [0.2, 0.25) is 5.02 Å². The molecule has 1 atom stereocenters. The molecule has 8 heteroatoms. The van der Waals surface area contributed by atoms with Gasteiger partial charge in [0.05, 0.1) is 12.5 Å². The van der Waals surface area contributed by atoms with E-state index in [4.69, 9.17) is 16.7 Å². The van der Waals surface area contributed by atoms with Crippen molar-refractivity contribution < 1.29 is 19.1 Å². The van der Waals surface area contributed by atoms with Crippen molar-refractivity contribution in [2.24, 2.45) is 0 Å². The molecular formula is C19H14ClFN2O3S. The summed E-state index contributed by atoms with van der Waals surface area (Å²) in [7, 11) is 0. The number of aromatic nitrogens is 1. The first-order valence-electron chi connectivity index (χ1n) is 7.92. The zero-order chi connectivity index (χ0) is 19.4. The summed E-state index contributed by atoms with van der Waals surface area (Å²) in [6.07, 6.45) is -0.375. The van der Waals surface area contributed by atoms with Gasteiger partial charge in [-0.2, -0.15) is 0 Å². The number of nitrogens with zero attached hydrogens (tertiary/aromatic N) is 1. The zero-order valence-corrected chi connectivity index (χ0v) is 15.4. The highest BCUT2D eigenvalue weighted by Crippen LogP contribution is 2.26. The fourth-order valence-corrected chi connectivity index (χ4v) is 3.50. The first-order valence-corrected chi connectivity index (χ1v) is 9.18. The predicted molar refractivity (Wildman–Crippen MR) is 101 cm³/mol. The maximum absolute atomic E-state index is 13.5. The third kappa shape index (κ3) is 4.90. The molecule has 0 fully saturated rings. The summed E-state index contributed by atoms with van der Waals surface area (Å²) in [5.74, 6) is -2.15. The minimum Gasteiger partial charge on any atom is -0.481 e. The molecule has 5 nitrogen and oxygen atoms in total. The van der Waals surface area contributed by atoms with Gasteiger partial charge in [-0.15, -0.1) is 11.3 Å². The Labute approximate surface area is 163 Å². The molecule has 3 rings (SSSR count). The number of carbonyl (C=O) groups is 2. The molecule has 0 aliphatic heterocycles. The minimum absolute atomic E-state index is 0.154. The van der Waals surface area contributed by atoms with Gasteiger partial charge in [0.1, 0.15) is 16.5 Å². The molecule has 0 aliphatic rings. The summed E-state index contributed by atoms with van der Waals surface area (Å²) in [4.78, 5) is 28.0. The second-order valence-electron chi connectivity index (χ2n) is 5.73. The lowest BCUT2D eigenvalue weighted by Gasteiger charge is -2.16. The van der Waals surface area contributed by atoms with E-state index in [1.54, 1.807) is 29.6 Å². The van der Waals surface area contributed by atoms with Gasteiger partial charge < -0.3 is 10.4 Å². The van der Waals surface area contributed by atoms with E-state index < -0.39 is 23.7 Å². The fraction of sp³-hybridized carbons (Fsp3) is 0.105. The number of hydrogen-bond donors (Lipinski definition) is 2. The van der Waals surface area contributed by atoms with E-state index in [1.165, 1.54) is 29.5 Å². The average Bonchev–Trinajstić information content (AvgIpc) is 3.11. The Morgan fingerprint density at radius 1 is 1.22 bits per heavy atom. The van der Waals surface area contributed by atoms with Crippen molar-refractivity contribution in [3.8, 4) is 10.6 Å². The largest absolute Gasteiger partial charge is 0.481 e. The van der Waals surface area contributed by atoms with Gasteiger partial charge in [-0.1, -0.05) is 35.9 Å². The molecule has 1 amide bonds. The Morgan fingerprint density at radius 2 is 2.00 bits per heavy atom. The first kappa shape index (κ1) is 19.0. The fourth-order valence-electron chi connectivity index (χ4n) is 2.51. The number of halogens is 2. The molecule has 0 aliphatic carbocycles. The summed E-state index contributed by atoms with van der Waals surface area (Å²) in [6, 6.07) is 11.7. The van der Waals surface area contributed by atoms with E-state index in [0.717, 1.165) is 5.56 Å². The third-order valence-electron chi connectivity index (χ3n) is 3.74. The Kier molecular flexibility index (Phi) is 5.83. The molecule has 1 aromatic heterocycles. The quantitative estimate of drug-likeness (QED) is 0.631. The molecule has 3 aromatic rings. The molecule has 1 heterocycles. The molecule has 0 bridgehead atoms.